The maximum absolute atomic E-state index is 6.66. The molecule has 2 aliphatic rings. The van der Waals surface area contributed by atoms with E-state index in [1.54, 1.807) is 13.4 Å². The van der Waals surface area contributed by atoms with Gasteiger partial charge in [-0.2, -0.15) is 10.1 Å². The number of rotatable bonds is 3. The third-order valence-corrected chi connectivity index (χ3v) is 6.57. The molecule has 1 aromatic heterocycles. The van der Waals surface area contributed by atoms with Crippen LogP contribution in [-0.2, 0) is 0 Å². The van der Waals surface area contributed by atoms with E-state index in [1.807, 2.05) is 71.4 Å². The molecule has 6 rings (SSSR count). The Kier molecular flexibility index (Phi) is 4.78. The fraction of sp³-hybridized carbons (Fsp3) is 0.120. The van der Waals surface area contributed by atoms with Crippen LogP contribution >= 0.6 is 23.2 Å². The second-order valence-electron chi connectivity index (χ2n) is 7.82. The summed E-state index contributed by atoms with van der Waals surface area (Å²) in [6.45, 7) is 0. The number of halogens is 2. The summed E-state index contributed by atoms with van der Waals surface area (Å²) in [5.41, 5.74) is 4.62. The van der Waals surface area contributed by atoms with Crippen molar-refractivity contribution in [3.05, 3.63) is 105 Å². The number of nitrogens with zero attached hydrogens (tertiary/aromatic N) is 3. The van der Waals surface area contributed by atoms with E-state index in [2.05, 4.69) is 15.4 Å². The van der Waals surface area contributed by atoms with Crippen molar-refractivity contribution >= 4 is 34.8 Å². The number of fused-ring (bicyclic) bond motifs is 3. The molecule has 0 saturated carbocycles. The SMILES string of the molecule is COc1ccc([C@H]2C3=C(Nc4ncnn42)c2cc(Cl)ccc2O[C@@H]3c2ccccc2Cl)cc1. The highest BCUT2D eigenvalue weighted by Gasteiger charge is 2.41. The van der Waals surface area contributed by atoms with E-state index in [1.165, 1.54) is 0 Å². The van der Waals surface area contributed by atoms with Crippen LogP contribution in [0.2, 0.25) is 10.0 Å². The van der Waals surface area contributed by atoms with Crippen molar-refractivity contribution < 1.29 is 9.47 Å². The number of nitrogens with one attached hydrogen (secondary N) is 1. The highest BCUT2D eigenvalue weighted by Crippen LogP contribution is 2.51. The Morgan fingerprint density at radius 1 is 1.03 bits per heavy atom. The molecule has 2 aliphatic heterocycles. The van der Waals surface area contributed by atoms with Gasteiger partial charge in [-0.25, -0.2) is 4.68 Å². The number of aromatic nitrogens is 3. The highest BCUT2D eigenvalue weighted by molar-refractivity contribution is 6.31. The quantitative estimate of drug-likeness (QED) is 0.383. The van der Waals surface area contributed by atoms with Gasteiger partial charge in [0.25, 0.3) is 0 Å². The van der Waals surface area contributed by atoms with Gasteiger partial charge >= 0.3 is 0 Å². The molecular weight excluding hydrogens is 459 g/mol. The van der Waals surface area contributed by atoms with Gasteiger partial charge in [-0.15, -0.1) is 0 Å². The number of benzene rings is 3. The topological polar surface area (TPSA) is 61.2 Å². The van der Waals surface area contributed by atoms with Gasteiger partial charge in [-0.05, 0) is 42.0 Å². The summed E-state index contributed by atoms with van der Waals surface area (Å²) in [6, 6.07) is 21.0. The Morgan fingerprint density at radius 3 is 2.64 bits per heavy atom. The summed E-state index contributed by atoms with van der Waals surface area (Å²) >= 11 is 13.0. The maximum Gasteiger partial charge on any atom is 0.226 e. The summed E-state index contributed by atoms with van der Waals surface area (Å²) in [6.07, 6.45) is 1.10. The summed E-state index contributed by atoms with van der Waals surface area (Å²) in [4.78, 5) is 4.45. The first kappa shape index (κ1) is 20.1. The van der Waals surface area contributed by atoms with E-state index >= 15 is 0 Å². The smallest absolute Gasteiger partial charge is 0.226 e. The molecule has 4 aromatic rings. The lowest BCUT2D eigenvalue weighted by molar-refractivity contribution is 0.223. The van der Waals surface area contributed by atoms with Gasteiger partial charge in [0.2, 0.25) is 5.95 Å². The van der Waals surface area contributed by atoms with Gasteiger partial charge in [0.1, 0.15) is 23.9 Å². The molecule has 3 aromatic carbocycles. The van der Waals surface area contributed by atoms with E-state index in [9.17, 15) is 0 Å². The van der Waals surface area contributed by atoms with Crippen molar-refractivity contribution in [3.63, 3.8) is 0 Å². The molecule has 33 heavy (non-hydrogen) atoms. The number of ether oxygens (including phenoxy) is 2. The first-order chi connectivity index (χ1) is 16.1. The normalized spacial score (nSPS) is 18.5. The van der Waals surface area contributed by atoms with Gasteiger partial charge in [-0.1, -0.05) is 53.5 Å². The number of anilines is 1. The average Bonchev–Trinajstić information content (AvgIpc) is 3.31. The average molecular weight is 477 g/mol. The first-order valence-electron chi connectivity index (χ1n) is 10.4. The highest BCUT2D eigenvalue weighted by atomic mass is 35.5. The molecule has 0 fully saturated rings. The maximum atomic E-state index is 6.66. The molecule has 3 heterocycles. The van der Waals surface area contributed by atoms with Gasteiger partial charge in [-0.3, -0.25) is 0 Å². The minimum absolute atomic E-state index is 0.280. The van der Waals surface area contributed by atoms with Crippen LogP contribution in [0.1, 0.15) is 28.8 Å². The second kappa shape index (κ2) is 7.83. The molecule has 1 N–H and O–H groups in total. The molecular formula is C25H18Cl2N4O2. The van der Waals surface area contributed by atoms with Crippen molar-refractivity contribution in [2.75, 3.05) is 12.4 Å². The van der Waals surface area contributed by atoms with Crippen molar-refractivity contribution in [2.24, 2.45) is 0 Å². The van der Waals surface area contributed by atoms with Gasteiger partial charge in [0, 0.05) is 26.7 Å². The third kappa shape index (κ3) is 3.25. The Labute approximate surface area is 200 Å². The second-order valence-corrected chi connectivity index (χ2v) is 8.66. The van der Waals surface area contributed by atoms with Crippen LogP contribution < -0.4 is 14.8 Å². The summed E-state index contributed by atoms with van der Waals surface area (Å²) in [7, 11) is 1.65. The van der Waals surface area contributed by atoms with Crippen molar-refractivity contribution in [1.82, 2.24) is 14.8 Å². The molecule has 0 spiro atoms. The molecule has 0 bridgehead atoms. The zero-order valence-corrected chi connectivity index (χ0v) is 19.0. The van der Waals surface area contributed by atoms with E-state index in [-0.39, 0.29) is 6.04 Å². The van der Waals surface area contributed by atoms with Gasteiger partial charge in [0.05, 0.1) is 12.8 Å². The summed E-state index contributed by atoms with van der Waals surface area (Å²) in [5.74, 6) is 2.14. The van der Waals surface area contributed by atoms with Crippen molar-refractivity contribution in [3.8, 4) is 11.5 Å². The number of hydrogen-bond acceptors (Lipinski definition) is 5. The van der Waals surface area contributed by atoms with Crippen molar-refractivity contribution in [1.29, 1.82) is 0 Å². The lowest BCUT2D eigenvalue weighted by atomic mass is 9.84. The zero-order chi connectivity index (χ0) is 22.5. The molecule has 0 radical (unpaired) electrons. The third-order valence-electron chi connectivity index (χ3n) is 6.00. The molecule has 0 unspecified atom stereocenters. The zero-order valence-electron chi connectivity index (χ0n) is 17.5. The van der Waals surface area contributed by atoms with Crippen molar-refractivity contribution in [2.45, 2.75) is 12.1 Å². The van der Waals surface area contributed by atoms with E-state index in [0.717, 1.165) is 39.5 Å². The molecule has 0 aliphatic carbocycles. The Hall–Kier alpha value is -3.48. The predicted molar refractivity (Wildman–Crippen MR) is 128 cm³/mol. The van der Waals surface area contributed by atoms with E-state index in [0.29, 0.717) is 16.0 Å². The van der Waals surface area contributed by atoms with Crippen LogP contribution in [0.25, 0.3) is 5.70 Å². The predicted octanol–water partition coefficient (Wildman–Crippen LogP) is 6.15. The van der Waals surface area contributed by atoms with Crippen LogP contribution in [0.5, 0.6) is 11.5 Å². The largest absolute Gasteiger partial charge is 0.497 e. The molecule has 164 valence electrons. The van der Waals surface area contributed by atoms with Crippen LogP contribution in [-0.4, -0.2) is 21.9 Å². The Morgan fingerprint density at radius 2 is 1.85 bits per heavy atom. The lowest BCUT2D eigenvalue weighted by Gasteiger charge is -2.39. The minimum Gasteiger partial charge on any atom is -0.497 e. The first-order valence-corrected chi connectivity index (χ1v) is 11.1. The lowest BCUT2D eigenvalue weighted by Crippen LogP contribution is -2.32. The minimum atomic E-state index is -0.445. The van der Waals surface area contributed by atoms with Crippen LogP contribution in [0.3, 0.4) is 0 Å². The molecule has 2 atom stereocenters. The van der Waals surface area contributed by atoms with Crippen LogP contribution in [0.15, 0.2) is 78.6 Å². The molecule has 8 heteroatoms. The summed E-state index contributed by atoms with van der Waals surface area (Å²) < 4.78 is 13.8. The number of hydrogen-bond donors (Lipinski definition) is 1. The summed E-state index contributed by atoms with van der Waals surface area (Å²) in [5, 5.41) is 9.25. The monoisotopic (exact) mass is 476 g/mol. The van der Waals surface area contributed by atoms with Gasteiger partial charge < -0.3 is 14.8 Å². The van der Waals surface area contributed by atoms with E-state index in [4.69, 9.17) is 32.7 Å². The molecule has 0 saturated heterocycles. The van der Waals surface area contributed by atoms with Crippen LogP contribution in [0.4, 0.5) is 5.95 Å². The van der Waals surface area contributed by atoms with E-state index < -0.39 is 6.10 Å². The Bertz CT molecular complexity index is 1400. The van der Waals surface area contributed by atoms with Crippen LogP contribution in [0, 0.1) is 0 Å². The number of methoxy groups -OCH3 is 1. The fourth-order valence-electron chi connectivity index (χ4n) is 4.49. The van der Waals surface area contributed by atoms with Gasteiger partial charge in [0.15, 0.2) is 6.10 Å². The molecule has 6 nitrogen and oxygen atoms in total. The molecule has 0 amide bonds. The standard InChI is InChI=1S/C25H18Cl2N4O2/c1-32-16-9-6-14(7-10-16)23-21-22(30-25-28-13-29-31(23)25)18-12-15(26)8-11-20(18)33-24(21)17-4-2-3-5-19(17)27/h2-13,23-24H,1H3,(H,28,29,30)/t23-,24+/m0/s1. The Balaban J connectivity index is 1.63. The fourth-order valence-corrected chi connectivity index (χ4v) is 4.90.